The number of aliphatic hydroxyl groups excluding tert-OH is 7. The summed E-state index contributed by atoms with van der Waals surface area (Å²) >= 11 is 0. The Morgan fingerprint density at radius 1 is 0.384 bits per heavy atom. The van der Waals surface area contributed by atoms with E-state index < -0.39 is 96.9 Å². The first-order chi connectivity index (χ1) is 40.6. The summed E-state index contributed by atoms with van der Waals surface area (Å²) in [6.45, 7) is 23.8. The molecule has 0 aromatic heterocycles. The molecule has 2 heterocycles. The van der Waals surface area contributed by atoms with E-state index in [1.54, 1.807) is 6.92 Å². The Labute approximate surface area is 516 Å². The Morgan fingerprint density at radius 3 is 0.988 bits per heavy atom. The van der Waals surface area contributed by atoms with Crippen molar-refractivity contribution in [2.24, 2.45) is 0 Å². The third-order valence-electron chi connectivity index (χ3n) is 15.4. The molecule has 19 heteroatoms. The Balaban J connectivity index is 1.65. The van der Waals surface area contributed by atoms with Crippen molar-refractivity contribution in [1.82, 2.24) is 0 Å². The van der Waals surface area contributed by atoms with Crippen LogP contribution >= 0.6 is 15.6 Å². The number of rotatable bonds is 41. The van der Waals surface area contributed by atoms with Crippen molar-refractivity contribution >= 4 is 15.6 Å². The summed E-state index contributed by atoms with van der Waals surface area (Å²) in [6, 6.07) is 0. The van der Waals surface area contributed by atoms with Crippen molar-refractivity contribution < 1.29 is 82.2 Å². The highest BCUT2D eigenvalue weighted by Gasteiger charge is 2.51. The van der Waals surface area contributed by atoms with Crippen LogP contribution in [0.4, 0.5) is 0 Å². The standard InChI is InChI=1S/C67H112O17P2/c1-47(2)23-13-24-48(3)25-14-26-49(4)27-15-28-50(5)29-16-30-51(6)31-17-32-52(7)33-18-34-53(8)35-19-36-54(9)37-20-38-55(10)39-21-40-56(11)41-22-42-57(12)43-44-79-85(75,76)84-86(77,78)83-67-64(74)65(61(71)59(46-69)81-67)82-66-63(73)62(72)60(70)58(45-68)80-66/h23,25,27,29,31,33,35,37,39,41,43,58-74H,13-22,24,26,28,30,32,34,36,38,40,42,44-46H2,1-12H3,(H,75,76)(H,77,78)/p-2/b48-25+,49-27+,50-29-,51-31-,52-33-,53-35-,54-37-,55-39-,56-41-,57-43-/t58-,59-,60-,61+,62+,63+,64-,65+,66-,67-/m1/s1. The molecule has 0 aromatic rings. The lowest BCUT2D eigenvalue weighted by atomic mass is 9.97. The van der Waals surface area contributed by atoms with Crippen molar-refractivity contribution in [2.45, 2.75) is 273 Å². The van der Waals surface area contributed by atoms with Gasteiger partial charge in [-0.1, -0.05) is 128 Å². The number of aliphatic hydroxyl groups is 7. The van der Waals surface area contributed by atoms with E-state index in [-0.39, 0.29) is 0 Å². The molecular weight excluding hydrogens is 1140 g/mol. The van der Waals surface area contributed by atoms with E-state index in [9.17, 15) is 54.7 Å². The predicted molar refractivity (Wildman–Crippen MR) is 339 cm³/mol. The van der Waals surface area contributed by atoms with Crippen LogP contribution in [-0.2, 0) is 36.7 Å². The lowest BCUT2D eigenvalue weighted by Gasteiger charge is -2.46. The first-order valence-corrected chi connectivity index (χ1v) is 33.9. The van der Waals surface area contributed by atoms with Gasteiger partial charge in [0.2, 0.25) is 0 Å². The van der Waals surface area contributed by atoms with Crippen LogP contribution in [0.2, 0.25) is 0 Å². The van der Waals surface area contributed by atoms with Crippen LogP contribution in [0.25, 0.3) is 0 Å². The van der Waals surface area contributed by atoms with E-state index >= 15 is 0 Å². The van der Waals surface area contributed by atoms with Crippen molar-refractivity contribution in [3.05, 3.63) is 128 Å². The molecule has 2 unspecified atom stereocenters. The summed E-state index contributed by atoms with van der Waals surface area (Å²) in [4.78, 5) is 25.2. The zero-order valence-electron chi connectivity index (χ0n) is 54.0. The molecule has 2 rings (SSSR count). The van der Waals surface area contributed by atoms with Crippen LogP contribution in [0.15, 0.2) is 128 Å². The van der Waals surface area contributed by atoms with Gasteiger partial charge in [-0.25, -0.2) is 4.31 Å². The highest BCUT2D eigenvalue weighted by atomic mass is 31.3. The van der Waals surface area contributed by atoms with Gasteiger partial charge in [-0.2, -0.15) is 0 Å². The highest BCUT2D eigenvalue weighted by molar-refractivity contribution is 7.59. The van der Waals surface area contributed by atoms with E-state index in [4.69, 9.17) is 18.7 Å². The Hall–Kier alpha value is -3.00. The van der Waals surface area contributed by atoms with Gasteiger partial charge in [-0.15, -0.1) is 0 Å². The normalized spacial score (nSPS) is 26.2. The minimum atomic E-state index is -5.92. The zero-order chi connectivity index (χ0) is 64.4. The highest BCUT2D eigenvalue weighted by Crippen LogP contribution is 2.57. The summed E-state index contributed by atoms with van der Waals surface area (Å²) in [5, 5.41) is 71.1. The van der Waals surface area contributed by atoms with Crippen LogP contribution in [0, 0.1) is 0 Å². The van der Waals surface area contributed by atoms with E-state index in [0.29, 0.717) is 12.8 Å². The third-order valence-corrected chi connectivity index (χ3v) is 18.0. The van der Waals surface area contributed by atoms with E-state index in [2.05, 4.69) is 146 Å². The second-order valence-electron chi connectivity index (χ2n) is 24.1. The van der Waals surface area contributed by atoms with Gasteiger partial charge in [0.25, 0.3) is 15.6 Å². The molecule has 2 fully saturated rings. The topological polar surface area (TPSA) is 277 Å². The fourth-order valence-corrected chi connectivity index (χ4v) is 11.7. The molecule has 2 aliphatic heterocycles. The summed E-state index contributed by atoms with van der Waals surface area (Å²) in [7, 11) is -11.5. The van der Waals surface area contributed by atoms with E-state index in [0.717, 1.165) is 121 Å². The van der Waals surface area contributed by atoms with Gasteiger partial charge in [0.1, 0.15) is 48.8 Å². The number of phosphoric ester groups is 2. The fourth-order valence-electron chi connectivity index (χ4n) is 9.72. The maximum atomic E-state index is 12.7. The van der Waals surface area contributed by atoms with Crippen LogP contribution in [0.3, 0.4) is 0 Å². The molecule has 7 N–H and O–H groups in total. The maximum absolute atomic E-state index is 12.7. The van der Waals surface area contributed by atoms with Crippen molar-refractivity contribution in [2.75, 3.05) is 19.8 Å². The molecule has 0 bridgehead atoms. The van der Waals surface area contributed by atoms with Crippen LogP contribution in [0.1, 0.15) is 212 Å². The third kappa shape index (κ3) is 34.3. The fraction of sp³-hybridized carbons (Fsp3) is 0.672. The zero-order valence-corrected chi connectivity index (χ0v) is 55.8. The van der Waals surface area contributed by atoms with Gasteiger partial charge < -0.3 is 64.3 Å². The van der Waals surface area contributed by atoms with Gasteiger partial charge >= 0.3 is 0 Å². The summed E-state index contributed by atoms with van der Waals surface area (Å²) in [6.07, 6.45) is 26.6. The van der Waals surface area contributed by atoms with E-state index in [1.165, 1.54) is 61.8 Å². The average molecular weight is 1250 g/mol. The Kier molecular flexibility index (Phi) is 39.4. The maximum Gasteiger partial charge on any atom is 0.276 e. The molecule has 17 nitrogen and oxygen atoms in total. The first kappa shape index (κ1) is 79.1. The van der Waals surface area contributed by atoms with Crippen molar-refractivity contribution in [3.8, 4) is 0 Å². The molecule has 2 aliphatic rings. The number of phosphoric acid groups is 2. The molecule has 0 aliphatic carbocycles. The van der Waals surface area contributed by atoms with Gasteiger partial charge in [-0.05, 0) is 212 Å². The lowest BCUT2D eigenvalue weighted by Crippen LogP contribution is -2.64. The minimum absolute atomic E-state index is 0.562. The second kappa shape index (κ2) is 42.9. The molecular formula is C67H110O17P2-2. The molecule has 2 saturated heterocycles. The molecule has 0 amide bonds. The SMILES string of the molecule is CC(C)=CCC/C(C)=C/CC/C(C)=C/CC/C(C)=C\CC/C(C)=C\CC/C(C)=C\CC/C(C)=C\CC/C(C)=C\CC/C(C)=C\CC/C(C)=C\CC/C(C)=C\COP(=O)([O-])OP(=O)([O-])O[C@H]1O[C@H](CO)[C@H](O)[C@H](O[C@H]2O[C@H](CO)[C@@H](O)[C@H](O)[C@@H]2O)[C@H]1O. The first-order valence-electron chi connectivity index (χ1n) is 31.0. The molecule has 86 heavy (non-hydrogen) atoms. The molecule has 0 saturated carbocycles. The molecule has 492 valence electrons. The molecule has 12 atom stereocenters. The number of ether oxygens (including phenoxy) is 3. The smallest absolute Gasteiger partial charge is 0.276 e. The van der Waals surface area contributed by atoms with Crippen LogP contribution in [-0.4, -0.2) is 117 Å². The van der Waals surface area contributed by atoms with Gasteiger partial charge in [0.05, 0.1) is 19.8 Å². The molecule has 0 spiro atoms. The van der Waals surface area contributed by atoms with Crippen LogP contribution in [0.5, 0.6) is 0 Å². The van der Waals surface area contributed by atoms with E-state index in [1.807, 2.05) is 0 Å². The van der Waals surface area contributed by atoms with Gasteiger partial charge in [-0.3, -0.25) is 13.7 Å². The van der Waals surface area contributed by atoms with Crippen molar-refractivity contribution in [3.63, 3.8) is 0 Å². The summed E-state index contributed by atoms with van der Waals surface area (Å²) in [5.74, 6) is 0. The summed E-state index contributed by atoms with van der Waals surface area (Å²) < 4.78 is 54.5. The quantitative estimate of drug-likeness (QED) is 0.0221. The minimum Gasteiger partial charge on any atom is -0.756 e. The number of allylic oxidation sites excluding steroid dienone is 21. The molecule has 0 radical (unpaired) electrons. The largest absolute Gasteiger partial charge is 0.756 e. The number of hydrogen-bond donors (Lipinski definition) is 7. The molecule has 0 aromatic carbocycles. The van der Waals surface area contributed by atoms with Crippen molar-refractivity contribution in [1.29, 1.82) is 0 Å². The Morgan fingerprint density at radius 2 is 0.674 bits per heavy atom. The van der Waals surface area contributed by atoms with Gasteiger partial charge in [0, 0.05) is 0 Å². The predicted octanol–water partition coefficient (Wildman–Crippen LogP) is 12.8. The summed E-state index contributed by atoms with van der Waals surface area (Å²) in [5.41, 5.74) is 15.1. The van der Waals surface area contributed by atoms with Crippen LogP contribution < -0.4 is 9.79 Å². The average Bonchev–Trinajstić information content (AvgIpc) is 1.35. The number of hydrogen-bond acceptors (Lipinski definition) is 17. The van der Waals surface area contributed by atoms with Gasteiger partial charge in [0.15, 0.2) is 12.6 Å². The monoisotopic (exact) mass is 1250 g/mol. The lowest BCUT2D eigenvalue weighted by molar-refractivity contribution is -0.357. The Bertz CT molecular complexity index is 2460. The second-order valence-corrected chi connectivity index (χ2v) is 27.0.